The van der Waals surface area contributed by atoms with E-state index in [0.29, 0.717) is 0 Å². The van der Waals surface area contributed by atoms with Gasteiger partial charge < -0.3 is 0 Å². The maximum absolute atomic E-state index is 2.52. The van der Waals surface area contributed by atoms with Crippen molar-refractivity contribution in [3.05, 3.63) is 35.4 Å². The topological polar surface area (TPSA) is 0 Å². The minimum atomic E-state index is 0.782. The summed E-state index contributed by atoms with van der Waals surface area (Å²) in [5.74, 6) is 0. The van der Waals surface area contributed by atoms with Gasteiger partial charge in [0.2, 0.25) is 0 Å². The summed E-state index contributed by atoms with van der Waals surface area (Å²) in [7, 11) is 0. The molecule has 0 saturated carbocycles. The lowest BCUT2D eigenvalue weighted by Gasteiger charge is -2.06. The molecule has 1 aromatic rings. The Bertz CT molecular complexity index is 243. The molecule has 0 aliphatic heterocycles. The van der Waals surface area contributed by atoms with Crippen LogP contribution in [0.5, 0.6) is 0 Å². The van der Waals surface area contributed by atoms with E-state index in [4.69, 9.17) is 0 Å². The maximum Gasteiger partial charge on any atom is 0.0147 e. The van der Waals surface area contributed by atoms with Gasteiger partial charge in [-0.3, -0.25) is 0 Å². The maximum atomic E-state index is 2.52. The van der Waals surface area contributed by atoms with Crippen molar-refractivity contribution in [2.24, 2.45) is 0 Å². The second-order valence-corrected chi connectivity index (χ2v) is 4.96. The highest BCUT2D eigenvalue weighted by atomic mass is 127. The van der Waals surface area contributed by atoms with E-state index in [9.17, 15) is 0 Å². The van der Waals surface area contributed by atoms with Crippen LogP contribution < -0.4 is 0 Å². The minimum Gasteiger partial charge on any atom is -0.0823 e. The van der Waals surface area contributed by atoms with Crippen molar-refractivity contribution in [1.82, 2.24) is 0 Å². The average molecular weight is 274 g/mol. The Labute approximate surface area is 88.5 Å². The van der Waals surface area contributed by atoms with Crippen LogP contribution in [0.3, 0.4) is 0 Å². The van der Waals surface area contributed by atoms with E-state index in [1.54, 1.807) is 0 Å². The fourth-order valence-electron chi connectivity index (χ4n) is 1.24. The minimum absolute atomic E-state index is 0.782. The number of alkyl halides is 1. The van der Waals surface area contributed by atoms with Gasteiger partial charge in [0.05, 0.1) is 0 Å². The summed E-state index contributed by atoms with van der Waals surface area (Å²) >= 11 is 2.52. The van der Waals surface area contributed by atoms with Crippen molar-refractivity contribution in [1.29, 1.82) is 0 Å². The SMILES string of the molecule is CC[C@@H](I)Cc1cccc(C)c1. The highest BCUT2D eigenvalue weighted by Gasteiger charge is 2.01. The van der Waals surface area contributed by atoms with E-state index in [0.717, 1.165) is 3.92 Å². The molecule has 0 nitrogen and oxygen atoms in total. The third-order valence-electron chi connectivity index (χ3n) is 1.98. The fraction of sp³-hybridized carbons (Fsp3) is 0.455. The third-order valence-corrected chi connectivity index (χ3v) is 3.30. The Hall–Kier alpha value is -0.0500. The number of hydrogen-bond acceptors (Lipinski definition) is 0. The molecule has 0 aliphatic carbocycles. The Balaban J connectivity index is 2.63. The van der Waals surface area contributed by atoms with Gasteiger partial charge in [-0.25, -0.2) is 0 Å². The zero-order chi connectivity index (χ0) is 8.97. The van der Waals surface area contributed by atoms with Crippen molar-refractivity contribution in [3.63, 3.8) is 0 Å². The van der Waals surface area contributed by atoms with E-state index < -0.39 is 0 Å². The molecule has 0 aliphatic rings. The smallest absolute Gasteiger partial charge is 0.0147 e. The second kappa shape index (κ2) is 4.85. The van der Waals surface area contributed by atoms with Gasteiger partial charge >= 0.3 is 0 Å². The number of benzene rings is 1. The predicted molar refractivity (Wildman–Crippen MR) is 63.0 cm³/mol. The van der Waals surface area contributed by atoms with E-state index in [1.165, 1.54) is 24.0 Å². The molecule has 0 bridgehead atoms. The first-order valence-corrected chi connectivity index (χ1v) is 5.66. The molecule has 0 unspecified atom stereocenters. The molecule has 1 rings (SSSR count). The van der Waals surface area contributed by atoms with Gasteiger partial charge in [0.15, 0.2) is 0 Å². The van der Waals surface area contributed by atoms with Crippen molar-refractivity contribution < 1.29 is 0 Å². The van der Waals surface area contributed by atoms with Gasteiger partial charge in [-0.2, -0.15) is 0 Å². The quantitative estimate of drug-likeness (QED) is 0.581. The molecule has 12 heavy (non-hydrogen) atoms. The molecule has 0 N–H and O–H groups in total. The molecule has 0 amide bonds. The Kier molecular flexibility index (Phi) is 4.06. The second-order valence-electron chi connectivity index (χ2n) is 3.20. The lowest BCUT2D eigenvalue weighted by molar-refractivity contribution is 0.844. The first-order valence-electron chi connectivity index (χ1n) is 4.42. The summed E-state index contributed by atoms with van der Waals surface area (Å²) in [5.41, 5.74) is 2.84. The van der Waals surface area contributed by atoms with Gasteiger partial charge in [0.1, 0.15) is 0 Å². The zero-order valence-electron chi connectivity index (χ0n) is 7.68. The largest absolute Gasteiger partial charge is 0.0823 e. The van der Waals surface area contributed by atoms with Crippen LogP contribution in [0.15, 0.2) is 24.3 Å². The van der Waals surface area contributed by atoms with Gasteiger partial charge in [0.25, 0.3) is 0 Å². The number of hydrogen-bond donors (Lipinski definition) is 0. The molecular formula is C11H15I. The molecule has 66 valence electrons. The van der Waals surface area contributed by atoms with E-state index in [2.05, 4.69) is 60.7 Å². The molecule has 0 aromatic heterocycles. The molecule has 1 atom stereocenters. The van der Waals surface area contributed by atoms with Crippen LogP contribution in [0.25, 0.3) is 0 Å². The van der Waals surface area contributed by atoms with Crippen LogP contribution in [0.1, 0.15) is 24.5 Å². The van der Waals surface area contributed by atoms with Crippen molar-refractivity contribution in [2.75, 3.05) is 0 Å². The molecule has 0 heterocycles. The Morgan fingerprint density at radius 1 is 1.42 bits per heavy atom. The van der Waals surface area contributed by atoms with Crippen LogP contribution in [0.4, 0.5) is 0 Å². The zero-order valence-corrected chi connectivity index (χ0v) is 9.84. The van der Waals surface area contributed by atoms with Crippen LogP contribution in [-0.2, 0) is 6.42 Å². The summed E-state index contributed by atoms with van der Waals surface area (Å²) in [5, 5.41) is 0. The van der Waals surface area contributed by atoms with Gasteiger partial charge in [-0.1, -0.05) is 59.3 Å². The first kappa shape index (κ1) is 10.0. The molecule has 1 heteroatoms. The molecule has 0 spiro atoms. The van der Waals surface area contributed by atoms with E-state index >= 15 is 0 Å². The van der Waals surface area contributed by atoms with Crippen molar-refractivity contribution in [3.8, 4) is 0 Å². The third kappa shape index (κ3) is 3.13. The molecular weight excluding hydrogens is 259 g/mol. The molecule has 0 saturated heterocycles. The molecule has 0 fully saturated rings. The number of halogens is 1. The van der Waals surface area contributed by atoms with Gasteiger partial charge in [-0.15, -0.1) is 0 Å². The predicted octanol–water partition coefficient (Wildman–Crippen LogP) is 3.75. The standard InChI is InChI=1S/C11H15I/c1-3-11(12)8-10-6-4-5-9(2)7-10/h4-7,11H,3,8H2,1-2H3/t11-/m1/s1. The number of aryl methyl sites for hydroxylation is 1. The number of rotatable bonds is 3. The van der Waals surface area contributed by atoms with Crippen LogP contribution in [0.2, 0.25) is 0 Å². The summed E-state index contributed by atoms with van der Waals surface area (Å²) in [6, 6.07) is 8.79. The summed E-state index contributed by atoms with van der Waals surface area (Å²) in [6.45, 7) is 4.39. The van der Waals surface area contributed by atoms with Crippen LogP contribution in [0, 0.1) is 6.92 Å². The summed E-state index contributed by atoms with van der Waals surface area (Å²) < 4.78 is 0.782. The average Bonchev–Trinajstić information content (AvgIpc) is 2.04. The molecule has 1 aromatic carbocycles. The van der Waals surface area contributed by atoms with Gasteiger partial charge in [-0.05, 0) is 25.3 Å². The van der Waals surface area contributed by atoms with Crippen molar-refractivity contribution in [2.45, 2.75) is 30.6 Å². The highest BCUT2D eigenvalue weighted by Crippen LogP contribution is 2.14. The molecule has 0 radical (unpaired) electrons. The fourth-order valence-corrected chi connectivity index (χ4v) is 1.75. The lowest BCUT2D eigenvalue weighted by Crippen LogP contribution is -2.00. The monoisotopic (exact) mass is 274 g/mol. The summed E-state index contributed by atoms with van der Waals surface area (Å²) in [6.07, 6.45) is 2.47. The van der Waals surface area contributed by atoms with Gasteiger partial charge in [0, 0.05) is 3.92 Å². The van der Waals surface area contributed by atoms with Crippen LogP contribution >= 0.6 is 22.6 Å². The highest BCUT2D eigenvalue weighted by molar-refractivity contribution is 14.1. The Morgan fingerprint density at radius 2 is 2.17 bits per heavy atom. The summed E-state index contributed by atoms with van der Waals surface area (Å²) in [4.78, 5) is 0. The van der Waals surface area contributed by atoms with Crippen LogP contribution in [-0.4, -0.2) is 3.92 Å². The normalized spacial score (nSPS) is 12.9. The Morgan fingerprint density at radius 3 is 2.75 bits per heavy atom. The van der Waals surface area contributed by atoms with E-state index in [-0.39, 0.29) is 0 Å². The van der Waals surface area contributed by atoms with E-state index in [1.807, 2.05) is 0 Å². The first-order chi connectivity index (χ1) is 5.72. The lowest BCUT2D eigenvalue weighted by atomic mass is 10.1. The van der Waals surface area contributed by atoms with Crippen molar-refractivity contribution >= 4 is 22.6 Å².